The molecule has 0 spiro atoms. The van der Waals surface area contributed by atoms with E-state index in [-0.39, 0.29) is 24.4 Å². The number of amides is 1. The highest BCUT2D eigenvalue weighted by molar-refractivity contribution is 7.88. The van der Waals surface area contributed by atoms with Crippen LogP contribution in [0.3, 0.4) is 0 Å². The number of nitrogens with two attached hydrogens (primary N) is 1. The molecule has 1 aromatic rings. The molecule has 1 unspecified atom stereocenters. The lowest BCUT2D eigenvalue weighted by molar-refractivity contribution is 0.0953. The van der Waals surface area contributed by atoms with E-state index in [1.54, 1.807) is 0 Å². The topological polar surface area (TPSA) is 117 Å². The Hall–Kier alpha value is -0.780. The van der Waals surface area contributed by atoms with Crippen molar-refractivity contribution >= 4 is 39.7 Å². The molecule has 0 bridgehead atoms. The molecule has 1 fully saturated rings. The van der Waals surface area contributed by atoms with Gasteiger partial charge in [0.2, 0.25) is 10.0 Å². The largest absolute Gasteiger partial charge is 0.294 e. The van der Waals surface area contributed by atoms with Crippen LogP contribution >= 0.6 is 23.7 Å². The van der Waals surface area contributed by atoms with Crippen molar-refractivity contribution in [1.82, 2.24) is 20.0 Å². The van der Waals surface area contributed by atoms with E-state index in [4.69, 9.17) is 5.84 Å². The predicted octanol–water partition coefficient (Wildman–Crippen LogP) is 1.20. The highest BCUT2D eigenvalue weighted by atomic mass is 35.5. The molecule has 3 rings (SSSR count). The Kier molecular flexibility index (Phi) is 8.02. The fraction of sp³-hybridized carbons (Fsp3) is 0.750. The fourth-order valence-electron chi connectivity index (χ4n) is 4.07. The van der Waals surface area contributed by atoms with Gasteiger partial charge in [-0.25, -0.2) is 24.0 Å². The van der Waals surface area contributed by atoms with Crippen molar-refractivity contribution in [3.05, 3.63) is 15.6 Å². The first-order valence-electron chi connectivity index (χ1n) is 9.08. The van der Waals surface area contributed by atoms with Gasteiger partial charge < -0.3 is 0 Å². The summed E-state index contributed by atoms with van der Waals surface area (Å²) in [6.45, 7) is 1.88. The SMILES string of the molecule is CS(=O)(=O)NCCN1CCc2nc(C(=O)NN)sc2C1C1CCCCC1.Cl. The van der Waals surface area contributed by atoms with Gasteiger partial charge in [0.05, 0.1) is 11.9 Å². The molecular weight excluding hydrogens is 410 g/mol. The van der Waals surface area contributed by atoms with E-state index in [0.29, 0.717) is 24.0 Å². The number of rotatable bonds is 6. The average Bonchev–Trinajstić information content (AvgIpc) is 3.04. The van der Waals surface area contributed by atoms with Gasteiger partial charge in [0.1, 0.15) is 0 Å². The maximum atomic E-state index is 11.9. The first-order valence-corrected chi connectivity index (χ1v) is 11.8. The van der Waals surface area contributed by atoms with E-state index >= 15 is 0 Å². The molecule has 1 amide bonds. The molecular formula is C16H28ClN5O3S2. The molecule has 0 aromatic carbocycles. The van der Waals surface area contributed by atoms with Crippen LogP contribution in [0.15, 0.2) is 0 Å². The van der Waals surface area contributed by atoms with Gasteiger partial charge >= 0.3 is 0 Å². The summed E-state index contributed by atoms with van der Waals surface area (Å²) >= 11 is 1.43. The summed E-state index contributed by atoms with van der Waals surface area (Å²) in [5.74, 6) is 5.44. The van der Waals surface area contributed by atoms with Crippen molar-refractivity contribution < 1.29 is 13.2 Å². The Balaban J connectivity index is 0.00000261. The van der Waals surface area contributed by atoms with Crippen LogP contribution in [-0.2, 0) is 16.4 Å². The fourth-order valence-corrected chi connectivity index (χ4v) is 5.78. The number of hydrogen-bond acceptors (Lipinski definition) is 7. The minimum absolute atomic E-state index is 0. The predicted molar refractivity (Wildman–Crippen MR) is 108 cm³/mol. The van der Waals surface area contributed by atoms with Gasteiger partial charge in [-0.15, -0.1) is 23.7 Å². The normalized spacial score (nSPS) is 21.3. The number of aromatic nitrogens is 1. The van der Waals surface area contributed by atoms with Crippen LogP contribution in [0.5, 0.6) is 0 Å². The number of nitrogens with zero attached hydrogens (tertiary/aromatic N) is 2. The minimum Gasteiger partial charge on any atom is -0.293 e. The number of carbonyl (C=O) groups is 1. The van der Waals surface area contributed by atoms with Crippen molar-refractivity contribution in [2.24, 2.45) is 11.8 Å². The molecule has 2 heterocycles. The van der Waals surface area contributed by atoms with Crippen LogP contribution in [0.25, 0.3) is 0 Å². The van der Waals surface area contributed by atoms with Gasteiger partial charge in [-0.3, -0.25) is 15.1 Å². The third-order valence-electron chi connectivity index (χ3n) is 5.21. The second-order valence-corrected chi connectivity index (χ2v) is 9.96. The third kappa shape index (κ3) is 5.61. The van der Waals surface area contributed by atoms with Crippen molar-refractivity contribution in [3.63, 3.8) is 0 Å². The van der Waals surface area contributed by atoms with Crippen LogP contribution in [0, 0.1) is 5.92 Å². The molecule has 0 saturated heterocycles. The van der Waals surface area contributed by atoms with E-state index in [1.807, 2.05) is 0 Å². The molecule has 2 aliphatic rings. The van der Waals surface area contributed by atoms with Crippen molar-refractivity contribution in [1.29, 1.82) is 0 Å². The Morgan fingerprint density at radius 2 is 2.04 bits per heavy atom. The molecule has 1 aliphatic heterocycles. The van der Waals surface area contributed by atoms with E-state index in [0.717, 1.165) is 36.4 Å². The van der Waals surface area contributed by atoms with E-state index in [1.165, 1.54) is 36.9 Å². The van der Waals surface area contributed by atoms with E-state index in [9.17, 15) is 13.2 Å². The standard InChI is InChI=1S/C16H27N5O3S2.ClH/c1-26(23,24)18-8-10-21-9-7-12-14(25-16(19-12)15(22)20-17)13(21)11-5-3-2-4-6-11;/h11,13,18H,2-10,17H2,1H3,(H,20,22);1H. The number of fused-ring (bicyclic) bond motifs is 1. The number of carbonyl (C=O) groups excluding carboxylic acids is 1. The van der Waals surface area contributed by atoms with Gasteiger partial charge in [-0.2, -0.15) is 0 Å². The van der Waals surface area contributed by atoms with Crippen molar-refractivity contribution in [3.8, 4) is 0 Å². The monoisotopic (exact) mass is 437 g/mol. The molecule has 1 aliphatic carbocycles. The summed E-state index contributed by atoms with van der Waals surface area (Å²) in [4.78, 5) is 19.9. The summed E-state index contributed by atoms with van der Waals surface area (Å²) in [5, 5.41) is 0.412. The molecule has 1 atom stereocenters. The first-order chi connectivity index (χ1) is 12.4. The van der Waals surface area contributed by atoms with E-state index < -0.39 is 10.0 Å². The summed E-state index contributed by atoms with van der Waals surface area (Å²) in [6, 6.07) is 0.206. The van der Waals surface area contributed by atoms with E-state index in [2.05, 4.69) is 20.0 Å². The molecule has 4 N–H and O–H groups in total. The van der Waals surface area contributed by atoms with Crippen molar-refractivity contribution in [2.45, 2.75) is 44.6 Å². The van der Waals surface area contributed by atoms with Gasteiger partial charge in [0.25, 0.3) is 5.91 Å². The second kappa shape index (κ2) is 9.62. The number of sulfonamides is 1. The van der Waals surface area contributed by atoms with Crippen LogP contribution in [0.1, 0.15) is 58.5 Å². The molecule has 27 heavy (non-hydrogen) atoms. The molecule has 11 heteroatoms. The smallest absolute Gasteiger partial charge is 0.293 e. The summed E-state index contributed by atoms with van der Waals surface area (Å²) in [7, 11) is -3.19. The highest BCUT2D eigenvalue weighted by Gasteiger charge is 2.37. The van der Waals surface area contributed by atoms with Gasteiger partial charge in [0.15, 0.2) is 5.01 Å². The summed E-state index contributed by atoms with van der Waals surface area (Å²) < 4.78 is 25.3. The number of hydrogen-bond donors (Lipinski definition) is 3. The lowest BCUT2D eigenvalue weighted by Gasteiger charge is -2.41. The molecule has 0 radical (unpaired) electrons. The van der Waals surface area contributed by atoms with Gasteiger partial charge in [0, 0.05) is 37.0 Å². The Morgan fingerprint density at radius 1 is 1.33 bits per heavy atom. The quantitative estimate of drug-likeness (QED) is 0.349. The van der Waals surface area contributed by atoms with Crippen LogP contribution < -0.4 is 16.0 Å². The number of hydrazine groups is 1. The lowest BCUT2D eigenvalue weighted by atomic mass is 9.81. The van der Waals surface area contributed by atoms with Gasteiger partial charge in [-0.05, 0) is 18.8 Å². The lowest BCUT2D eigenvalue weighted by Crippen LogP contribution is -2.43. The summed E-state index contributed by atoms with van der Waals surface area (Å²) in [5.41, 5.74) is 3.16. The third-order valence-corrected chi connectivity index (χ3v) is 7.11. The van der Waals surface area contributed by atoms with Crippen LogP contribution in [0.2, 0.25) is 0 Å². The van der Waals surface area contributed by atoms with Crippen LogP contribution in [0.4, 0.5) is 0 Å². The highest BCUT2D eigenvalue weighted by Crippen LogP contribution is 2.44. The summed E-state index contributed by atoms with van der Waals surface area (Å²) in [6.07, 6.45) is 8.00. The van der Waals surface area contributed by atoms with Gasteiger partial charge in [-0.1, -0.05) is 19.3 Å². The zero-order valence-electron chi connectivity index (χ0n) is 15.4. The number of halogens is 1. The zero-order valence-corrected chi connectivity index (χ0v) is 17.9. The second-order valence-electron chi connectivity index (χ2n) is 7.10. The minimum atomic E-state index is -3.19. The maximum absolute atomic E-state index is 11.9. The van der Waals surface area contributed by atoms with Crippen molar-refractivity contribution in [2.75, 3.05) is 25.9 Å². The number of nitrogen functional groups attached to an aromatic ring is 1. The number of thiazole rings is 1. The molecule has 8 nitrogen and oxygen atoms in total. The Labute approximate surface area is 170 Å². The number of nitrogens with one attached hydrogen (secondary N) is 2. The maximum Gasteiger partial charge on any atom is 0.294 e. The van der Waals surface area contributed by atoms with Crippen LogP contribution in [-0.4, -0.2) is 50.1 Å². The zero-order chi connectivity index (χ0) is 18.7. The average molecular weight is 438 g/mol. The Morgan fingerprint density at radius 3 is 2.67 bits per heavy atom. The Bertz CT molecular complexity index is 749. The molecule has 154 valence electrons. The first kappa shape index (κ1) is 22.5. The molecule has 1 saturated carbocycles. The molecule has 1 aromatic heterocycles.